The van der Waals surface area contributed by atoms with Crippen LogP contribution in [-0.4, -0.2) is 30.2 Å². The lowest BCUT2D eigenvalue weighted by Crippen LogP contribution is -2.26. The quantitative estimate of drug-likeness (QED) is 0.213. The van der Waals surface area contributed by atoms with Crippen LogP contribution < -0.4 is 11.1 Å². The number of nitrogen functional groups attached to an aromatic ring is 1. The molecule has 3 rings (SSSR count). The molecule has 0 saturated heterocycles. The number of nitrogens with one attached hydrogen (secondary N) is 1. The largest absolute Gasteiger partial charge is 0.398 e. The van der Waals surface area contributed by atoms with Gasteiger partial charge in [-0.1, -0.05) is 27.7 Å². The van der Waals surface area contributed by atoms with E-state index in [4.69, 9.17) is 10.7 Å². The Morgan fingerprint density at radius 3 is 2.61 bits per heavy atom. The second-order valence-electron chi connectivity index (χ2n) is 9.98. The number of aliphatic imine (C=N–C) groups is 1. The van der Waals surface area contributed by atoms with E-state index in [1.165, 1.54) is 11.6 Å². The summed E-state index contributed by atoms with van der Waals surface area (Å²) in [4.78, 5) is 22.4. The fourth-order valence-corrected chi connectivity index (χ4v) is 4.65. The number of rotatable bonds is 11. The van der Waals surface area contributed by atoms with E-state index in [-0.39, 0.29) is 11.7 Å². The first kappa shape index (κ1) is 29.0. The topological polar surface area (TPSA) is 80.4 Å². The lowest BCUT2D eigenvalue weighted by molar-refractivity contribution is 0.0954. The zero-order chi connectivity index (χ0) is 27.8. The number of nitrogens with zero attached hydrogens (tertiary/aromatic N) is 2. The second kappa shape index (κ2) is 13.3. The first-order chi connectivity index (χ1) is 18.2. The van der Waals surface area contributed by atoms with Crippen LogP contribution in [0.5, 0.6) is 0 Å². The smallest absolute Gasteiger partial charge is 0.251 e. The Hall–Kier alpha value is -3.54. The summed E-state index contributed by atoms with van der Waals surface area (Å²) < 4.78 is 13.9. The molecule has 6 heteroatoms. The molecule has 0 radical (unpaired) electrons. The van der Waals surface area contributed by atoms with Crippen molar-refractivity contribution in [2.24, 2.45) is 4.99 Å². The molecule has 202 valence electrons. The van der Waals surface area contributed by atoms with Gasteiger partial charge in [0.05, 0.1) is 5.69 Å². The number of hydrogen-bond acceptors (Lipinski definition) is 4. The fourth-order valence-electron chi connectivity index (χ4n) is 4.65. The Morgan fingerprint density at radius 1 is 1.16 bits per heavy atom. The van der Waals surface area contributed by atoms with Crippen molar-refractivity contribution >= 4 is 17.8 Å². The molecule has 1 atom stereocenters. The number of benzene rings is 2. The van der Waals surface area contributed by atoms with Gasteiger partial charge in [-0.2, -0.15) is 0 Å². The van der Waals surface area contributed by atoms with Gasteiger partial charge in [-0.25, -0.2) is 4.39 Å². The first-order valence-electron chi connectivity index (χ1n) is 13.7. The summed E-state index contributed by atoms with van der Waals surface area (Å²) in [5.41, 5.74) is 15.1. The SMILES string of the molecule is CCCN=Cc1cc(C(=O)NCCc2cc(C(C)CC)c(C)c(-c3ccc(F)cc3CC)n2)cc(C)c1N. The first-order valence-corrected chi connectivity index (χ1v) is 13.7. The van der Waals surface area contributed by atoms with Crippen molar-refractivity contribution in [1.29, 1.82) is 0 Å². The van der Waals surface area contributed by atoms with Gasteiger partial charge < -0.3 is 11.1 Å². The minimum absolute atomic E-state index is 0.153. The van der Waals surface area contributed by atoms with Crippen LogP contribution in [0.4, 0.5) is 10.1 Å². The Labute approximate surface area is 226 Å². The molecule has 2 aromatic carbocycles. The second-order valence-corrected chi connectivity index (χ2v) is 9.98. The van der Waals surface area contributed by atoms with Crippen LogP contribution in [-0.2, 0) is 12.8 Å². The van der Waals surface area contributed by atoms with Gasteiger partial charge in [-0.3, -0.25) is 14.8 Å². The van der Waals surface area contributed by atoms with Crippen LogP contribution in [0.1, 0.15) is 90.3 Å². The average molecular weight is 517 g/mol. The average Bonchev–Trinajstić information content (AvgIpc) is 2.91. The van der Waals surface area contributed by atoms with Crippen molar-refractivity contribution in [2.75, 3.05) is 18.8 Å². The zero-order valence-corrected chi connectivity index (χ0v) is 23.6. The molecule has 0 saturated carbocycles. The summed E-state index contributed by atoms with van der Waals surface area (Å²) in [5.74, 6) is -0.0253. The molecule has 3 aromatic rings. The number of anilines is 1. The number of halogens is 1. The van der Waals surface area contributed by atoms with E-state index in [0.29, 0.717) is 30.1 Å². The number of carbonyl (C=O) groups is 1. The van der Waals surface area contributed by atoms with Gasteiger partial charge in [0.1, 0.15) is 5.82 Å². The molecule has 1 unspecified atom stereocenters. The standard InChI is InChI=1S/C32H41FN4O/c1-7-13-35-19-25-16-24(15-21(5)30(25)34)32(38)36-14-12-27-18-29(20(4)8-2)22(6)31(37-27)28-11-10-26(33)17-23(28)9-3/h10-11,15-20H,7-9,12-14,34H2,1-6H3,(H,36,38). The maximum atomic E-state index is 13.9. The van der Waals surface area contributed by atoms with Gasteiger partial charge >= 0.3 is 0 Å². The van der Waals surface area contributed by atoms with E-state index >= 15 is 0 Å². The summed E-state index contributed by atoms with van der Waals surface area (Å²) in [5, 5.41) is 3.04. The number of carbonyl (C=O) groups excluding carboxylic acids is 1. The van der Waals surface area contributed by atoms with E-state index in [1.54, 1.807) is 18.3 Å². The molecule has 0 aliphatic rings. The Balaban J connectivity index is 1.85. The summed E-state index contributed by atoms with van der Waals surface area (Å²) >= 11 is 0. The lowest BCUT2D eigenvalue weighted by atomic mass is 9.89. The monoisotopic (exact) mass is 516 g/mol. The number of nitrogens with two attached hydrogens (primary N) is 1. The van der Waals surface area contributed by atoms with E-state index < -0.39 is 0 Å². The van der Waals surface area contributed by atoms with Crippen LogP contribution in [0.3, 0.4) is 0 Å². The van der Waals surface area contributed by atoms with Gasteiger partial charge in [0, 0.05) is 53.8 Å². The van der Waals surface area contributed by atoms with Crippen LogP contribution in [0.2, 0.25) is 0 Å². The van der Waals surface area contributed by atoms with Crippen molar-refractivity contribution in [3.8, 4) is 11.3 Å². The Bertz CT molecular complexity index is 1320. The van der Waals surface area contributed by atoms with Crippen LogP contribution in [0, 0.1) is 19.7 Å². The maximum absolute atomic E-state index is 13.9. The van der Waals surface area contributed by atoms with Gasteiger partial charge in [0.25, 0.3) is 5.91 Å². The minimum Gasteiger partial charge on any atom is -0.398 e. The molecule has 0 spiro atoms. The summed E-state index contributed by atoms with van der Waals surface area (Å²) in [6, 6.07) is 10.7. The van der Waals surface area contributed by atoms with Gasteiger partial charge in [-0.05, 0) is 97.7 Å². The number of amides is 1. The summed E-state index contributed by atoms with van der Waals surface area (Å²) in [6.07, 6.45) is 5.01. The minimum atomic E-state index is -0.234. The Morgan fingerprint density at radius 2 is 1.92 bits per heavy atom. The third kappa shape index (κ3) is 6.85. The number of aromatic nitrogens is 1. The van der Waals surface area contributed by atoms with Gasteiger partial charge in [0.15, 0.2) is 0 Å². The molecule has 38 heavy (non-hydrogen) atoms. The van der Waals surface area contributed by atoms with Crippen LogP contribution >= 0.6 is 0 Å². The lowest BCUT2D eigenvalue weighted by Gasteiger charge is -2.19. The van der Waals surface area contributed by atoms with E-state index in [9.17, 15) is 9.18 Å². The molecule has 3 N–H and O–H groups in total. The zero-order valence-electron chi connectivity index (χ0n) is 23.6. The predicted octanol–water partition coefficient (Wildman–Crippen LogP) is 6.96. The third-order valence-corrected chi connectivity index (χ3v) is 7.14. The molecule has 0 aliphatic heterocycles. The molecule has 5 nitrogen and oxygen atoms in total. The van der Waals surface area contributed by atoms with E-state index in [2.05, 4.69) is 44.1 Å². The third-order valence-electron chi connectivity index (χ3n) is 7.14. The van der Waals surface area contributed by atoms with Crippen molar-refractivity contribution < 1.29 is 9.18 Å². The van der Waals surface area contributed by atoms with Crippen LogP contribution in [0.25, 0.3) is 11.3 Å². The van der Waals surface area contributed by atoms with Crippen molar-refractivity contribution in [3.05, 3.63) is 81.3 Å². The van der Waals surface area contributed by atoms with Crippen molar-refractivity contribution in [1.82, 2.24) is 10.3 Å². The highest BCUT2D eigenvalue weighted by atomic mass is 19.1. The highest BCUT2D eigenvalue weighted by molar-refractivity contribution is 5.98. The highest BCUT2D eigenvalue weighted by Gasteiger charge is 2.17. The van der Waals surface area contributed by atoms with Crippen molar-refractivity contribution in [2.45, 2.75) is 73.1 Å². The number of hydrogen-bond donors (Lipinski definition) is 2. The maximum Gasteiger partial charge on any atom is 0.251 e. The number of aryl methyl sites for hydroxylation is 2. The van der Waals surface area contributed by atoms with Crippen LogP contribution in [0.15, 0.2) is 41.4 Å². The molecular formula is C32H41FN4O. The Kier molecular flexibility index (Phi) is 10.2. The molecular weight excluding hydrogens is 475 g/mol. The normalized spacial score (nSPS) is 12.2. The van der Waals surface area contributed by atoms with Crippen molar-refractivity contribution in [3.63, 3.8) is 0 Å². The molecule has 0 bridgehead atoms. The molecule has 1 aromatic heterocycles. The predicted molar refractivity (Wildman–Crippen MR) is 157 cm³/mol. The molecule has 1 heterocycles. The molecule has 0 fully saturated rings. The van der Waals surface area contributed by atoms with E-state index in [0.717, 1.165) is 65.0 Å². The van der Waals surface area contributed by atoms with E-state index in [1.807, 2.05) is 26.0 Å². The van der Waals surface area contributed by atoms with Gasteiger partial charge in [-0.15, -0.1) is 0 Å². The summed E-state index contributed by atoms with van der Waals surface area (Å²) in [6.45, 7) is 13.7. The fraction of sp³-hybridized carbons (Fsp3) is 0.406. The molecule has 1 amide bonds. The summed E-state index contributed by atoms with van der Waals surface area (Å²) in [7, 11) is 0. The number of pyridine rings is 1. The molecule has 0 aliphatic carbocycles. The highest BCUT2D eigenvalue weighted by Crippen LogP contribution is 2.33. The van der Waals surface area contributed by atoms with Gasteiger partial charge in [0.2, 0.25) is 0 Å².